The van der Waals surface area contributed by atoms with Gasteiger partial charge in [-0.2, -0.15) is 0 Å². The van der Waals surface area contributed by atoms with Crippen molar-refractivity contribution in [2.24, 2.45) is 0 Å². The maximum Gasteiger partial charge on any atom is 0.264 e. The minimum Gasteiger partial charge on any atom is -0.322 e. The Kier molecular flexibility index (Phi) is 5.41. The van der Waals surface area contributed by atoms with E-state index in [1.807, 2.05) is 0 Å². The number of nitrogens with one attached hydrogen (secondary N) is 1. The Hall–Kier alpha value is -3.26. The van der Waals surface area contributed by atoms with Crippen LogP contribution in [-0.4, -0.2) is 21.4 Å². The third-order valence-corrected chi connectivity index (χ3v) is 5.87. The lowest BCUT2D eigenvalue weighted by molar-refractivity contribution is 0.102. The zero-order valence-corrected chi connectivity index (χ0v) is 15.6. The molecule has 3 rings (SSSR count). The highest BCUT2D eigenvalue weighted by Crippen LogP contribution is 2.22. The summed E-state index contributed by atoms with van der Waals surface area (Å²) in [5, 5.41) is 2.45. The van der Waals surface area contributed by atoms with Crippen molar-refractivity contribution in [3.05, 3.63) is 90.0 Å². The largest absolute Gasteiger partial charge is 0.322 e. The summed E-state index contributed by atoms with van der Waals surface area (Å²) >= 11 is 0. The molecule has 3 aromatic rings. The Morgan fingerprint density at radius 2 is 1.54 bits per heavy atom. The van der Waals surface area contributed by atoms with Gasteiger partial charge in [-0.1, -0.05) is 18.2 Å². The number of sulfonamides is 1. The minimum atomic E-state index is -3.73. The molecule has 0 saturated heterocycles. The average Bonchev–Trinajstić information content (AvgIpc) is 2.71. The standard InChI is InChI=1S/C20H16F2N2O3S/c1-24(28(26,27)17-5-3-2-4-6-17)16-10-7-14(8-11-16)20(25)23-15-9-12-18(21)19(22)13-15/h2-13H,1H3,(H,23,25). The van der Waals surface area contributed by atoms with Crippen molar-refractivity contribution in [3.63, 3.8) is 0 Å². The van der Waals surface area contributed by atoms with E-state index in [0.717, 1.165) is 16.4 Å². The fraction of sp³-hybridized carbons (Fsp3) is 0.0500. The quantitative estimate of drug-likeness (QED) is 0.700. The number of amides is 1. The molecule has 0 heterocycles. The molecule has 0 aliphatic heterocycles. The molecule has 3 aromatic carbocycles. The van der Waals surface area contributed by atoms with Crippen molar-refractivity contribution >= 4 is 27.3 Å². The molecule has 0 unspecified atom stereocenters. The molecule has 0 radical (unpaired) electrons. The number of rotatable bonds is 5. The molecule has 1 amide bonds. The molecule has 0 aliphatic carbocycles. The smallest absolute Gasteiger partial charge is 0.264 e. The summed E-state index contributed by atoms with van der Waals surface area (Å²) in [5.41, 5.74) is 0.712. The summed E-state index contributed by atoms with van der Waals surface area (Å²) in [7, 11) is -2.31. The van der Waals surface area contributed by atoms with E-state index in [9.17, 15) is 22.0 Å². The van der Waals surface area contributed by atoms with Gasteiger partial charge in [-0.05, 0) is 48.5 Å². The third kappa shape index (κ3) is 4.01. The van der Waals surface area contributed by atoms with Crippen molar-refractivity contribution < 1.29 is 22.0 Å². The number of nitrogens with zero attached hydrogens (tertiary/aromatic N) is 1. The number of carbonyl (C=O) groups excluding carboxylic acids is 1. The van der Waals surface area contributed by atoms with Crippen molar-refractivity contribution in [2.45, 2.75) is 4.90 Å². The lowest BCUT2D eigenvalue weighted by Gasteiger charge is -2.19. The van der Waals surface area contributed by atoms with E-state index in [4.69, 9.17) is 0 Å². The third-order valence-electron chi connectivity index (χ3n) is 4.07. The van der Waals surface area contributed by atoms with Gasteiger partial charge in [0, 0.05) is 24.4 Å². The Morgan fingerprint density at radius 3 is 2.14 bits per heavy atom. The highest BCUT2D eigenvalue weighted by Gasteiger charge is 2.21. The highest BCUT2D eigenvalue weighted by atomic mass is 32.2. The van der Waals surface area contributed by atoms with Crippen LogP contribution < -0.4 is 9.62 Å². The van der Waals surface area contributed by atoms with E-state index in [2.05, 4.69) is 5.32 Å². The van der Waals surface area contributed by atoms with E-state index < -0.39 is 27.6 Å². The number of halogens is 2. The van der Waals surface area contributed by atoms with Gasteiger partial charge in [-0.25, -0.2) is 17.2 Å². The normalized spacial score (nSPS) is 11.1. The zero-order valence-electron chi connectivity index (χ0n) is 14.8. The van der Waals surface area contributed by atoms with E-state index in [0.29, 0.717) is 5.69 Å². The van der Waals surface area contributed by atoms with Crippen LogP contribution in [0.4, 0.5) is 20.2 Å². The first-order chi connectivity index (χ1) is 13.3. The van der Waals surface area contributed by atoms with Crippen LogP contribution in [0.25, 0.3) is 0 Å². The van der Waals surface area contributed by atoms with Crippen molar-refractivity contribution in [1.29, 1.82) is 0 Å². The van der Waals surface area contributed by atoms with E-state index in [1.54, 1.807) is 18.2 Å². The molecule has 5 nitrogen and oxygen atoms in total. The van der Waals surface area contributed by atoms with Crippen LogP contribution in [0.1, 0.15) is 10.4 Å². The summed E-state index contributed by atoms with van der Waals surface area (Å²) in [4.78, 5) is 12.4. The molecule has 0 fully saturated rings. The van der Waals surface area contributed by atoms with Crippen LogP contribution in [0, 0.1) is 11.6 Å². The van der Waals surface area contributed by atoms with Crippen molar-refractivity contribution in [3.8, 4) is 0 Å². The molecule has 0 bridgehead atoms. The second-order valence-electron chi connectivity index (χ2n) is 5.92. The lowest BCUT2D eigenvalue weighted by Crippen LogP contribution is -2.26. The van der Waals surface area contributed by atoms with Gasteiger partial charge < -0.3 is 5.32 Å². The summed E-state index contributed by atoms with van der Waals surface area (Å²) in [6.07, 6.45) is 0. The average molecular weight is 402 g/mol. The van der Waals surface area contributed by atoms with Gasteiger partial charge in [-0.3, -0.25) is 9.10 Å². The molecule has 0 aliphatic rings. The molecular weight excluding hydrogens is 386 g/mol. The molecule has 1 N–H and O–H groups in total. The molecule has 0 spiro atoms. The number of benzene rings is 3. The molecular formula is C20H16F2N2O3S. The van der Waals surface area contributed by atoms with Gasteiger partial charge in [-0.15, -0.1) is 0 Å². The predicted octanol–water partition coefficient (Wildman–Crippen LogP) is 4.04. The molecule has 0 saturated carbocycles. The Bertz CT molecular complexity index is 1100. The SMILES string of the molecule is CN(c1ccc(C(=O)Nc2ccc(F)c(F)c2)cc1)S(=O)(=O)c1ccccc1. The van der Waals surface area contributed by atoms with Crippen LogP contribution in [0.15, 0.2) is 77.7 Å². The number of hydrogen-bond acceptors (Lipinski definition) is 3. The molecule has 0 aromatic heterocycles. The van der Waals surface area contributed by atoms with Gasteiger partial charge >= 0.3 is 0 Å². The highest BCUT2D eigenvalue weighted by molar-refractivity contribution is 7.92. The predicted molar refractivity (Wildman–Crippen MR) is 103 cm³/mol. The monoisotopic (exact) mass is 402 g/mol. The molecule has 144 valence electrons. The van der Waals surface area contributed by atoms with Gasteiger partial charge in [0.25, 0.3) is 15.9 Å². The van der Waals surface area contributed by atoms with Crippen LogP contribution in [0.3, 0.4) is 0 Å². The second-order valence-corrected chi connectivity index (χ2v) is 7.88. The number of hydrogen-bond donors (Lipinski definition) is 1. The molecule has 0 atom stereocenters. The van der Waals surface area contributed by atoms with Crippen LogP contribution in [0.5, 0.6) is 0 Å². The number of carbonyl (C=O) groups is 1. The number of anilines is 2. The first-order valence-electron chi connectivity index (χ1n) is 8.19. The van der Waals surface area contributed by atoms with Crippen molar-refractivity contribution in [2.75, 3.05) is 16.7 Å². The topological polar surface area (TPSA) is 66.5 Å². The first-order valence-corrected chi connectivity index (χ1v) is 9.63. The Labute approximate surface area is 161 Å². The van der Waals surface area contributed by atoms with Gasteiger partial charge in [0.15, 0.2) is 11.6 Å². The summed E-state index contributed by atoms with van der Waals surface area (Å²) < 4.78 is 52.6. The second kappa shape index (κ2) is 7.77. The molecule has 8 heteroatoms. The van der Waals surface area contributed by atoms with Gasteiger partial charge in [0.1, 0.15) is 0 Å². The maximum atomic E-state index is 13.2. The summed E-state index contributed by atoms with van der Waals surface area (Å²) in [5.74, 6) is -2.61. The van der Waals surface area contributed by atoms with Crippen LogP contribution in [0.2, 0.25) is 0 Å². The Morgan fingerprint density at radius 1 is 0.893 bits per heavy atom. The maximum absolute atomic E-state index is 13.2. The van der Waals surface area contributed by atoms with Crippen LogP contribution >= 0.6 is 0 Å². The van der Waals surface area contributed by atoms with E-state index >= 15 is 0 Å². The van der Waals surface area contributed by atoms with E-state index in [-0.39, 0.29) is 16.1 Å². The molecule has 28 heavy (non-hydrogen) atoms. The summed E-state index contributed by atoms with van der Waals surface area (Å²) in [6, 6.07) is 16.9. The van der Waals surface area contributed by atoms with Crippen LogP contribution in [-0.2, 0) is 10.0 Å². The first kappa shape index (κ1) is 19.5. The zero-order chi connectivity index (χ0) is 20.3. The van der Waals surface area contributed by atoms with Crippen molar-refractivity contribution in [1.82, 2.24) is 0 Å². The Balaban J connectivity index is 1.77. The fourth-order valence-electron chi connectivity index (χ4n) is 2.49. The van der Waals surface area contributed by atoms with Gasteiger partial charge in [0.2, 0.25) is 0 Å². The van der Waals surface area contributed by atoms with Gasteiger partial charge in [0.05, 0.1) is 10.6 Å². The van der Waals surface area contributed by atoms with E-state index in [1.165, 1.54) is 49.5 Å². The lowest BCUT2D eigenvalue weighted by atomic mass is 10.2. The fourth-order valence-corrected chi connectivity index (χ4v) is 3.71. The minimum absolute atomic E-state index is 0.108. The summed E-state index contributed by atoms with van der Waals surface area (Å²) in [6.45, 7) is 0.